The van der Waals surface area contributed by atoms with Crippen molar-refractivity contribution in [1.29, 1.82) is 0 Å². The Kier molecular flexibility index (Phi) is 13.0. The SMILES string of the molecule is CCCCCCCCc1cc(-c2ccc(C(=O)O)cc2)c(-c2ccccc2)c(CCCCCCCC)c1C(=O)O. The van der Waals surface area contributed by atoms with Crippen molar-refractivity contribution in [2.75, 3.05) is 0 Å². The second-order valence-electron chi connectivity index (χ2n) is 10.9. The van der Waals surface area contributed by atoms with E-state index in [1.54, 1.807) is 12.1 Å². The number of hydrogen-bond donors (Lipinski definition) is 2. The van der Waals surface area contributed by atoms with Gasteiger partial charge in [0.15, 0.2) is 0 Å². The lowest BCUT2D eigenvalue weighted by atomic mass is 9.82. The van der Waals surface area contributed by atoms with E-state index in [4.69, 9.17) is 0 Å². The zero-order chi connectivity index (χ0) is 28.7. The van der Waals surface area contributed by atoms with Crippen LogP contribution < -0.4 is 0 Å². The third-order valence-electron chi connectivity index (χ3n) is 7.81. The standard InChI is InChI=1S/C36H46O4/c1-3-5-7-9-11-14-20-30-26-32(27-22-24-29(25-23-27)35(37)38)33(28-18-15-13-16-19-28)31(34(30)36(39)40)21-17-12-10-8-6-4-2/h13,15-16,18-19,22-26H,3-12,14,17,20-21H2,1-2H3,(H,37,38)(H,39,40). The molecule has 214 valence electrons. The van der Waals surface area contributed by atoms with Crippen molar-refractivity contribution in [3.63, 3.8) is 0 Å². The highest BCUT2D eigenvalue weighted by Crippen LogP contribution is 2.40. The zero-order valence-electron chi connectivity index (χ0n) is 24.4. The monoisotopic (exact) mass is 542 g/mol. The third kappa shape index (κ3) is 8.81. The molecule has 0 saturated carbocycles. The summed E-state index contributed by atoms with van der Waals surface area (Å²) >= 11 is 0. The second kappa shape index (κ2) is 16.6. The number of aromatic carboxylic acids is 2. The van der Waals surface area contributed by atoms with Crippen LogP contribution >= 0.6 is 0 Å². The Morgan fingerprint density at radius 1 is 0.600 bits per heavy atom. The number of rotatable bonds is 18. The first-order valence-electron chi connectivity index (χ1n) is 15.3. The average Bonchev–Trinajstić information content (AvgIpc) is 2.96. The topological polar surface area (TPSA) is 74.6 Å². The van der Waals surface area contributed by atoms with Crippen molar-refractivity contribution in [2.24, 2.45) is 0 Å². The number of unbranched alkanes of at least 4 members (excludes halogenated alkanes) is 10. The van der Waals surface area contributed by atoms with Crippen LogP contribution in [0.2, 0.25) is 0 Å². The van der Waals surface area contributed by atoms with Crippen LogP contribution in [0.15, 0.2) is 60.7 Å². The number of carbonyl (C=O) groups is 2. The van der Waals surface area contributed by atoms with Crippen LogP contribution in [0.25, 0.3) is 22.3 Å². The van der Waals surface area contributed by atoms with Crippen molar-refractivity contribution in [1.82, 2.24) is 0 Å². The summed E-state index contributed by atoms with van der Waals surface area (Å²) in [5.74, 6) is -1.81. The van der Waals surface area contributed by atoms with Gasteiger partial charge in [-0.3, -0.25) is 0 Å². The van der Waals surface area contributed by atoms with Gasteiger partial charge in [0.05, 0.1) is 11.1 Å². The minimum Gasteiger partial charge on any atom is -0.478 e. The molecule has 3 aromatic carbocycles. The summed E-state index contributed by atoms with van der Waals surface area (Å²) in [4.78, 5) is 24.4. The minimum atomic E-state index is -0.955. The van der Waals surface area contributed by atoms with Gasteiger partial charge < -0.3 is 10.2 Å². The molecule has 0 spiro atoms. The van der Waals surface area contributed by atoms with Gasteiger partial charge in [-0.25, -0.2) is 9.59 Å². The van der Waals surface area contributed by atoms with E-state index < -0.39 is 11.9 Å². The predicted octanol–water partition coefficient (Wildman–Crippen LogP) is 10.2. The predicted molar refractivity (Wildman–Crippen MR) is 165 cm³/mol. The van der Waals surface area contributed by atoms with Crippen molar-refractivity contribution < 1.29 is 19.8 Å². The van der Waals surface area contributed by atoms with E-state index in [-0.39, 0.29) is 5.56 Å². The first-order chi connectivity index (χ1) is 19.5. The van der Waals surface area contributed by atoms with Crippen LogP contribution in [0.1, 0.15) is 123 Å². The normalized spacial score (nSPS) is 11.1. The van der Waals surface area contributed by atoms with E-state index in [0.29, 0.717) is 12.0 Å². The first kappa shape index (κ1) is 31.1. The Labute approximate surface area is 240 Å². The fraction of sp³-hybridized carbons (Fsp3) is 0.444. The Bertz CT molecular complexity index is 1210. The van der Waals surface area contributed by atoms with E-state index in [2.05, 4.69) is 19.9 Å². The van der Waals surface area contributed by atoms with Gasteiger partial charge in [-0.1, -0.05) is 121 Å². The Morgan fingerprint density at radius 3 is 1.70 bits per heavy atom. The van der Waals surface area contributed by atoms with Crippen molar-refractivity contribution in [3.05, 3.63) is 82.9 Å². The summed E-state index contributed by atoms with van der Waals surface area (Å²) in [6.45, 7) is 4.42. The molecule has 4 heteroatoms. The molecule has 0 saturated heterocycles. The summed E-state index contributed by atoms with van der Waals surface area (Å²) in [5.41, 5.74) is 6.36. The fourth-order valence-electron chi connectivity index (χ4n) is 5.65. The smallest absolute Gasteiger partial charge is 0.336 e. The lowest BCUT2D eigenvalue weighted by molar-refractivity contribution is 0.0684. The van der Waals surface area contributed by atoms with E-state index in [9.17, 15) is 19.8 Å². The Balaban J connectivity index is 2.11. The lowest BCUT2D eigenvalue weighted by Crippen LogP contribution is -2.11. The maximum atomic E-state index is 12.9. The molecule has 4 nitrogen and oxygen atoms in total. The lowest BCUT2D eigenvalue weighted by Gasteiger charge is -2.22. The fourth-order valence-corrected chi connectivity index (χ4v) is 5.65. The number of carboxylic acid groups (broad SMARTS) is 2. The van der Waals surface area contributed by atoms with Gasteiger partial charge >= 0.3 is 11.9 Å². The molecular formula is C36H46O4. The molecule has 0 atom stereocenters. The van der Waals surface area contributed by atoms with Gasteiger partial charge in [0, 0.05) is 0 Å². The minimum absolute atomic E-state index is 0.242. The molecule has 0 amide bonds. The van der Waals surface area contributed by atoms with Gasteiger partial charge in [0.1, 0.15) is 0 Å². The molecule has 0 aromatic heterocycles. The van der Waals surface area contributed by atoms with Gasteiger partial charge in [0.2, 0.25) is 0 Å². The highest BCUT2D eigenvalue weighted by atomic mass is 16.4. The van der Waals surface area contributed by atoms with Gasteiger partial charge in [-0.15, -0.1) is 0 Å². The molecule has 0 bridgehead atoms. The average molecular weight is 543 g/mol. The maximum absolute atomic E-state index is 12.9. The maximum Gasteiger partial charge on any atom is 0.336 e. The molecule has 2 N–H and O–H groups in total. The highest BCUT2D eigenvalue weighted by molar-refractivity contribution is 5.98. The molecule has 0 aliphatic heterocycles. The van der Waals surface area contributed by atoms with Crippen molar-refractivity contribution >= 4 is 11.9 Å². The van der Waals surface area contributed by atoms with Crippen LogP contribution in [0, 0.1) is 0 Å². The Morgan fingerprint density at radius 2 is 1.15 bits per heavy atom. The van der Waals surface area contributed by atoms with Crippen molar-refractivity contribution in [3.8, 4) is 22.3 Å². The quantitative estimate of drug-likeness (QED) is 0.157. The van der Waals surface area contributed by atoms with Gasteiger partial charge in [-0.2, -0.15) is 0 Å². The van der Waals surface area contributed by atoms with E-state index in [1.807, 2.05) is 42.5 Å². The zero-order valence-corrected chi connectivity index (χ0v) is 24.4. The first-order valence-corrected chi connectivity index (χ1v) is 15.3. The number of benzene rings is 3. The molecule has 0 aliphatic carbocycles. The van der Waals surface area contributed by atoms with Gasteiger partial charge in [0.25, 0.3) is 0 Å². The molecule has 40 heavy (non-hydrogen) atoms. The summed E-state index contributed by atoms with van der Waals surface area (Å²) in [5, 5.41) is 20.0. The third-order valence-corrected chi connectivity index (χ3v) is 7.81. The molecule has 0 unspecified atom stereocenters. The van der Waals surface area contributed by atoms with E-state index in [1.165, 1.54) is 44.9 Å². The number of hydrogen-bond acceptors (Lipinski definition) is 2. The molecule has 0 heterocycles. The highest BCUT2D eigenvalue weighted by Gasteiger charge is 2.24. The van der Waals surface area contributed by atoms with Crippen LogP contribution in [-0.4, -0.2) is 22.2 Å². The summed E-state index contributed by atoms with van der Waals surface area (Å²) < 4.78 is 0. The largest absolute Gasteiger partial charge is 0.478 e. The summed E-state index contributed by atoms with van der Waals surface area (Å²) in [6, 6.07) is 19.1. The molecule has 3 rings (SSSR count). The van der Waals surface area contributed by atoms with Crippen LogP contribution in [0.3, 0.4) is 0 Å². The molecule has 0 radical (unpaired) electrons. The molecular weight excluding hydrogens is 496 g/mol. The number of aryl methyl sites for hydroxylation is 1. The molecule has 3 aromatic rings. The van der Waals surface area contributed by atoms with E-state index in [0.717, 1.165) is 71.9 Å². The summed E-state index contributed by atoms with van der Waals surface area (Å²) in [7, 11) is 0. The van der Waals surface area contributed by atoms with Gasteiger partial charge in [-0.05, 0) is 77.3 Å². The van der Waals surface area contributed by atoms with Crippen molar-refractivity contribution in [2.45, 2.75) is 104 Å². The number of carboxylic acids is 2. The molecule has 0 aliphatic rings. The van der Waals surface area contributed by atoms with Crippen LogP contribution in [0.5, 0.6) is 0 Å². The van der Waals surface area contributed by atoms with Crippen LogP contribution in [-0.2, 0) is 12.8 Å². The second-order valence-corrected chi connectivity index (χ2v) is 10.9. The van der Waals surface area contributed by atoms with E-state index >= 15 is 0 Å². The Hall–Kier alpha value is -3.40. The summed E-state index contributed by atoms with van der Waals surface area (Å²) in [6.07, 6.45) is 15.2. The molecule has 0 fully saturated rings. The van der Waals surface area contributed by atoms with Crippen LogP contribution in [0.4, 0.5) is 0 Å².